The van der Waals surface area contributed by atoms with Crippen molar-refractivity contribution in [3.63, 3.8) is 0 Å². The lowest BCUT2D eigenvalue weighted by molar-refractivity contribution is -0.115. The Morgan fingerprint density at radius 2 is 1.73 bits per heavy atom. The van der Waals surface area contributed by atoms with Crippen molar-refractivity contribution in [2.75, 3.05) is 17.7 Å². The first-order valence-corrected chi connectivity index (χ1v) is 10.1. The van der Waals surface area contributed by atoms with Gasteiger partial charge < -0.3 is 10.1 Å². The Morgan fingerprint density at radius 1 is 0.967 bits per heavy atom. The van der Waals surface area contributed by atoms with Crippen LogP contribution in [0.3, 0.4) is 0 Å². The zero-order valence-electron chi connectivity index (χ0n) is 16.2. The first-order valence-electron chi connectivity index (χ1n) is 9.30. The van der Waals surface area contributed by atoms with Crippen molar-refractivity contribution in [3.05, 3.63) is 83.9 Å². The fourth-order valence-corrected chi connectivity index (χ4v) is 3.85. The molecule has 0 bridgehead atoms. The van der Waals surface area contributed by atoms with E-state index < -0.39 is 0 Å². The molecule has 6 nitrogen and oxygen atoms in total. The van der Waals surface area contributed by atoms with Gasteiger partial charge in [0, 0.05) is 11.3 Å². The summed E-state index contributed by atoms with van der Waals surface area (Å²) >= 11 is 1.36. The highest BCUT2D eigenvalue weighted by molar-refractivity contribution is 7.22. The van der Waals surface area contributed by atoms with Crippen LogP contribution in [0.25, 0.3) is 10.2 Å². The van der Waals surface area contributed by atoms with E-state index in [9.17, 15) is 9.59 Å². The number of nitrogens with one attached hydrogen (secondary N) is 2. The number of rotatable bonds is 6. The van der Waals surface area contributed by atoms with Crippen molar-refractivity contribution in [3.8, 4) is 5.75 Å². The molecule has 4 rings (SSSR count). The molecule has 2 amide bonds. The van der Waals surface area contributed by atoms with Gasteiger partial charge in [-0.1, -0.05) is 41.7 Å². The second-order valence-electron chi connectivity index (χ2n) is 6.59. The van der Waals surface area contributed by atoms with Gasteiger partial charge in [-0.25, -0.2) is 4.98 Å². The number of nitrogens with zero attached hydrogens (tertiary/aromatic N) is 1. The van der Waals surface area contributed by atoms with Crippen LogP contribution >= 0.6 is 11.3 Å². The number of fused-ring (bicyclic) bond motifs is 1. The number of thiazole rings is 1. The van der Waals surface area contributed by atoms with Gasteiger partial charge in [0.05, 0.1) is 23.7 Å². The third kappa shape index (κ3) is 4.64. The van der Waals surface area contributed by atoms with Crippen LogP contribution in [0.4, 0.5) is 10.8 Å². The maximum absolute atomic E-state index is 12.4. The van der Waals surface area contributed by atoms with E-state index in [0.29, 0.717) is 16.4 Å². The van der Waals surface area contributed by atoms with Gasteiger partial charge in [0.1, 0.15) is 5.75 Å². The predicted octanol–water partition coefficient (Wildman–Crippen LogP) is 4.74. The van der Waals surface area contributed by atoms with Crippen LogP contribution in [0, 0.1) is 0 Å². The summed E-state index contributed by atoms with van der Waals surface area (Å²) in [7, 11) is 1.61. The van der Waals surface area contributed by atoms with Gasteiger partial charge in [-0.2, -0.15) is 0 Å². The normalized spacial score (nSPS) is 10.6. The lowest BCUT2D eigenvalue weighted by Gasteiger charge is -2.06. The number of aromatic nitrogens is 1. The molecule has 30 heavy (non-hydrogen) atoms. The summed E-state index contributed by atoms with van der Waals surface area (Å²) in [4.78, 5) is 29.1. The number of anilines is 2. The van der Waals surface area contributed by atoms with Gasteiger partial charge in [0.2, 0.25) is 5.91 Å². The minimum atomic E-state index is -0.206. The lowest BCUT2D eigenvalue weighted by atomic mass is 10.1. The van der Waals surface area contributed by atoms with Crippen LogP contribution in [0.15, 0.2) is 72.8 Å². The van der Waals surface area contributed by atoms with Gasteiger partial charge >= 0.3 is 0 Å². The Bertz CT molecular complexity index is 1190. The highest BCUT2D eigenvalue weighted by Gasteiger charge is 2.11. The maximum atomic E-state index is 12.4. The van der Waals surface area contributed by atoms with E-state index in [4.69, 9.17) is 4.74 Å². The van der Waals surface area contributed by atoms with Crippen molar-refractivity contribution in [2.24, 2.45) is 0 Å². The van der Waals surface area contributed by atoms with Crippen molar-refractivity contribution in [2.45, 2.75) is 6.42 Å². The van der Waals surface area contributed by atoms with Crippen LogP contribution in [-0.2, 0) is 11.2 Å². The molecule has 3 aromatic carbocycles. The molecule has 0 atom stereocenters. The van der Waals surface area contributed by atoms with Gasteiger partial charge in [0.25, 0.3) is 5.91 Å². The van der Waals surface area contributed by atoms with Gasteiger partial charge in [0.15, 0.2) is 5.13 Å². The van der Waals surface area contributed by atoms with Crippen LogP contribution in [0.5, 0.6) is 5.75 Å². The quantitative estimate of drug-likeness (QED) is 0.475. The summed E-state index contributed by atoms with van der Waals surface area (Å²) in [6.07, 6.45) is 0.267. The number of benzene rings is 3. The fourth-order valence-electron chi connectivity index (χ4n) is 2.95. The fraction of sp³-hybridized carbons (Fsp3) is 0.0870. The van der Waals surface area contributed by atoms with Crippen LogP contribution in [-0.4, -0.2) is 23.9 Å². The minimum Gasteiger partial charge on any atom is -0.497 e. The summed E-state index contributed by atoms with van der Waals surface area (Å²) in [5.41, 5.74) is 2.92. The molecule has 2 N–H and O–H groups in total. The summed E-state index contributed by atoms with van der Waals surface area (Å²) in [5.74, 6) is 0.439. The molecule has 0 aliphatic carbocycles. The average molecular weight is 417 g/mol. The molecule has 0 radical (unpaired) electrons. The van der Waals surface area contributed by atoms with E-state index in [0.717, 1.165) is 21.5 Å². The molecule has 1 heterocycles. The van der Waals surface area contributed by atoms with E-state index in [-0.39, 0.29) is 18.2 Å². The first-order chi connectivity index (χ1) is 14.6. The number of hydrogen-bond donors (Lipinski definition) is 2. The summed E-state index contributed by atoms with van der Waals surface area (Å²) in [5, 5.41) is 6.24. The summed E-state index contributed by atoms with van der Waals surface area (Å²) in [6.45, 7) is 0. The van der Waals surface area contributed by atoms with E-state index >= 15 is 0 Å². The molecule has 0 saturated heterocycles. The number of ether oxygens (including phenoxy) is 1. The van der Waals surface area contributed by atoms with Crippen molar-refractivity contribution in [1.29, 1.82) is 0 Å². The molecular weight excluding hydrogens is 398 g/mol. The number of hydrogen-bond acceptors (Lipinski definition) is 5. The number of amides is 2. The Morgan fingerprint density at radius 3 is 2.47 bits per heavy atom. The van der Waals surface area contributed by atoms with Crippen molar-refractivity contribution >= 4 is 44.2 Å². The average Bonchev–Trinajstić information content (AvgIpc) is 3.16. The van der Waals surface area contributed by atoms with E-state index in [2.05, 4.69) is 15.6 Å². The number of methoxy groups -OCH3 is 1. The summed E-state index contributed by atoms with van der Waals surface area (Å²) < 4.78 is 6.01. The third-order valence-electron chi connectivity index (χ3n) is 4.45. The van der Waals surface area contributed by atoms with Gasteiger partial charge in [-0.3, -0.25) is 14.9 Å². The Kier molecular flexibility index (Phi) is 5.72. The SMILES string of the molecule is COc1ccc(CC(=O)Nc2ccc3nc(NC(=O)c4ccccc4)sc3c2)cc1. The Balaban J connectivity index is 1.42. The Hall–Kier alpha value is -3.71. The minimum absolute atomic E-state index is 0.110. The molecule has 0 spiro atoms. The third-order valence-corrected chi connectivity index (χ3v) is 5.39. The van der Waals surface area contributed by atoms with Crippen molar-refractivity contribution in [1.82, 2.24) is 4.98 Å². The predicted molar refractivity (Wildman–Crippen MR) is 119 cm³/mol. The van der Waals surface area contributed by atoms with Gasteiger partial charge in [-0.05, 0) is 48.0 Å². The monoisotopic (exact) mass is 417 g/mol. The molecule has 150 valence electrons. The molecule has 0 fully saturated rings. The Labute approximate surface area is 177 Å². The molecule has 7 heteroatoms. The van der Waals surface area contributed by atoms with E-state index in [1.165, 1.54) is 11.3 Å². The highest BCUT2D eigenvalue weighted by atomic mass is 32.1. The van der Waals surface area contributed by atoms with Crippen molar-refractivity contribution < 1.29 is 14.3 Å². The molecule has 0 aliphatic rings. The second-order valence-corrected chi connectivity index (χ2v) is 7.63. The van der Waals surface area contributed by atoms with E-state index in [1.54, 1.807) is 25.3 Å². The zero-order chi connectivity index (χ0) is 20.9. The highest BCUT2D eigenvalue weighted by Crippen LogP contribution is 2.29. The molecule has 1 aromatic heterocycles. The molecule has 4 aromatic rings. The van der Waals surface area contributed by atoms with Crippen LogP contribution < -0.4 is 15.4 Å². The molecule has 0 saturated carbocycles. The molecule has 0 unspecified atom stereocenters. The second kappa shape index (κ2) is 8.75. The number of carbonyl (C=O) groups excluding carboxylic acids is 2. The smallest absolute Gasteiger partial charge is 0.257 e. The standard InChI is InChI=1S/C23H19N3O3S/c1-29-18-10-7-15(8-11-18)13-21(27)24-17-9-12-19-20(14-17)30-23(25-19)26-22(28)16-5-3-2-4-6-16/h2-12,14H,13H2,1H3,(H,24,27)(H,25,26,28). The molecule has 0 aliphatic heterocycles. The molecular formula is C23H19N3O3S. The van der Waals surface area contributed by atoms with Crippen LogP contribution in [0.2, 0.25) is 0 Å². The van der Waals surface area contributed by atoms with Gasteiger partial charge in [-0.15, -0.1) is 0 Å². The summed E-state index contributed by atoms with van der Waals surface area (Å²) in [6, 6.07) is 21.9. The van der Waals surface area contributed by atoms with Crippen LogP contribution in [0.1, 0.15) is 15.9 Å². The van der Waals surface area contributed by atoms with E-state index in [1.807, 2.05) is 54.6 Å². The largest absolute Gasteiger partial charge is 0.497 e. The topological polar surface area (TPSA) is 80.3 Å². The first kappa shape index (κ1) is 19.6. The maximum Gasteiger partial charge on any atom is 0.257 e. The number of carbonyl (C=O) groups is 2. The lowest BCUT2D eigenvalue weighted by Crippen LogP contribution is -2.14. The zero-order valence-corrected chi connectivity index (χ0v) is 17.0.